The molecule has 6 heteroatoms. The minimum atomic E-state index is -1.90. The van der Waals surface area contributed by atoms with E-state index < -0.39 is 22.2 Å². The molecule has 134 valence electrons. The first-order chi connectivity index (χ1) is 10.1. The second-order valence-electron chi connectivity index (χ2n) is 10.2. The maximum atomic E-state index is 12.8. The van der Waals surface area contributed by atoms with Gasteiger partial charge < -0.3 is 13.7 Å². The van der Waals surface area contributed by atoms with Crippen molar-refractivity contribution in [3.63, 3.8) is 0 Å². The highest BCUT2D eigenvalue weighted by molar-refractivity contribution is 6.80. The van der Waals surface area contributed by atoms with Gasteiger partial charge in [0, 0.05) is 0 Å². The van der Waals surface area contributed by atoms with Gasteiger partial charge in [-0.25, -0.2) is 0 Å². The summed E-state index contributed by atoms with van der Waals surface area (Å²) in [6.07, 6.45) is 0. The Morgan fingerprint density at radius 3 is 1.96 bits per heavy atom. The molecule has 2 rings (SSSR count). The van der Waals surface area contributed by atoms with Gasteiger partial charge in [-0.15, -0.1) is 0 Å². The molecule has 0 bridgehead atoms. The van der Waals surface area contributed by atoms with Crippen LogP contribution in [0.25, 0.3) is 0 Å². The minimum absolute atomic E-state index is 0.102. The summed E-state index contributed by atoms with van der Waals surface area (Å²) >= 11 is 0. The van der Waals surface area contributed by atoms with Gasteiger partial charge >= 0.3 is 0 Å². The van der Waals surface area contributed by atoms with E-state index in [2.05, 4.69) is 72.3 Å². The number of epoxide rings is 1. The summed E-state index contributed by atoms with van der Waals surface area (Å²) in [6, 6.07) is 0.102. The Bertz CT molecular complexity index is 499. The van der Waals surface area contributed by atoms with Crippen LogP contribution in [0.5, 0.6) is 0 Å². The molecule has 2 fully saturated rings. The van der Waals surface area contributed by atoms with Crippen molar-refractivity contribution in [2.45, 2.75) is 89.4 Å². The largest absolute Gasteiger partial charge is 0.415 e. The van der Waals surface area contributed by atoms with E-state index >= 15 is 0 Å². The van der Waals surface area contributed by atoms with Crippen LogP contribution in [-0.2, 0) is 14.0 Å². The predicted octanol–water partition coefficient (Wildman–Crippen LogP) is 3.99. The highest BCUT2D eigenvalue weighted by Crippen LogP contribution is 2.52. The van der Waals surface area contributed by atoms with E-state index in [1.54, 1.807) is 0 Å². The number of hydrogen-bond acceptors (Lipinski definition) is 3. The highest BCUT2D eigenvalue weighted by atomic mass is 28.4. The van der Waals surface area contributed by atoms with Gasteiger partial charge in [-0.3, -0.25) is 4.79 Å². The number of carbonyl (C=O) groups excluding carboxylic acids is 1. The van der Waals surface area contributed by atoms with Crippen LogP contribution in [0, 0.1) is 0 Å². The van der Waals surface area contributed by atoms with Crippen LogP contribution in [-0.4, -0.2) is 51.9 Å². The Hall–Kier alpha value is -0.176. The molecule has 0 aliphatic carbocycles. The number of rotatable bonds is 4. The zero-order valence-corrected chi connectivity index (χ0v) is 18.7. The molecule has 0 aromatic carbocycles. The lowest BCUT2D eigenvalue weighted by atomic mass is 9.92. The van der Waals surface area contributed by atoms with Crippen LogP contribution in [0.15, 0.2) is 0 Å². The van der Waals surface area contributed by atoms with Crippen molar-refractivity contribution in [2.75, 3.05) is 13.2 Å². The van der Waals surface area contributed by atoms with E-state index in [4.69, 9.17) is 9.16 Å². The van der Waals surface area contributed by atoms with E-state index in [1.165, 1.54) is 0 Å². The maximum Gasteiger partial charge on any atom is 0.252 e. The Labute approximate surface area is 144 Å². The average Bonchev–Trinajstić information content (AvgIpc) is 3.12. The van der Waals surface area contributed by atoms with E-state index in [0.29, 0.717) is 13.2 Å². The molecule has 1 spiro atoms. The first-order valence-corrected chi connectivity index (χ1v) is 14.6. The second kappa shape index (κ2) is 5.16. The lowest BCUT2D eigenvalue weighted by Gasteiger charge is -2.58. The van der Waals surface area contributed by atoms with E-state index in [1.807, 2.05) is 0 Å². The third kappa shape index (κ3) is 2.85. The summed E-state index contributed by atoms with van der Waals surface area (Å²) in [5.41, 5.74) is -0.544. The molecule has 2 saturated heterocycles. The highest BCUT2D eigenvalue weighted by Gasteiger charge is 2.74. The summed E-state index contributed by atoms with van der Waals surface area (Å²) in [7, 11) is -3.72. The Morgan fingerprint density at radius 1 is 1.13 bits per heavy atom. The maximum absolute atomic E-state index is 12.8. The second-order valence-corrected chi connectivity index (χ2v) is 20.2. The number of nitrogens with zero attached hydrogens (tertiary/aromatic N) is 1. The van der Waals surface area contributed by atoms with Crippen LogP contribution in [0.4, 0.5) is 0 Å². The number of β-lactam (4-membered cyclic amide) rings is 1. The summed E-state index contributed by atoms with van der Waals surface area (Å²) in [5.74, 6) is 0.202. The molecule has 0 saturated carbocycles. The quantitative estimate of drug-likeness (QED) is 0.434. The molecule has 0 aromatic heterocycles. The zero-order valence-electron chi connectivity index (χ0n) is 16.7. The van der Waals surface area contributed by atoms with Crippen LogP contribution < -0.4 is 0 Å². The first-order valence-electron chi connectivity index (χ1n) is 8.70. The smallest absolute Gasteiger partial charge is 0.252 e. The number of hydrogen-bond donors (Lipinski definition) is 0. The number of carbonyl (C=O) groups is 1. The van der Waals surface area contributed by atoms with Crippen molar-refractivity contribution < 1.29 is 14.0 Å². The molecule has 1 amide bonds. The third-order valence-corrected chi connectivity index (χ3v) is 16.6. The minimum Gasteiger partial charge on any atom is -0.415 e. The fourth-order valence-corrected chi connectivity index (χ4v) is 6.23. The third-order valence-electron chi connectivity index (χ3n) is 6.73. The molecule has 2 atom stereocenters. The Kier molecular flexibility index (Phi) is 4.30. The van der Waals surface area contributed by atoms with Crippen LogP contribution in [0.3, 0.4) is 0 Å². The molecular formula is C17H35NO3Si2. The molecule has 2 aliphatic rings. The predicted molar refractivity (Wildman–Crippen MR) is 99.7 cm³/mol. The van der Waals surface area contributed by atoms with Crippen molar-refractivity contribution >= 4 is 22.5 Å². The van der Waals surface area contributed by atoms with Gasteiger partial charge in [0.15, 0.2) is 22.2 Å². The molecule has 23 heavy (non-hydrogen) atoms. The molecule has 2 aliphatic heterocycles. The standard InChI is InChI=1S/C17H35NO3Si2/c1-15(2,3)22(7,8)18-13(17(12-20-17)14(18)19)11-21-23(9,10)16(4,5)6/h13H,11-12H2,1-10H3/t13-,17+/m1/s1. The van der Waals surface area contributed by atoms with Gasteiger partial charge in [-0.1, -0.05) is 54.6 Å². The topological polar surface area (TPSA) is 42.1 Å². The van der Waals surface area contributed by atoms with Gasteiger partial charge in [0.05, 0.1) is 19.3 Å². The van der Waals surface area contributed by atoms with Gasteiger partial charge in [-0.2, -0.15) is 0 Å². The van der Waals surface area contributed by atoms with Crippen LogP contribution >= 0.6 is 0 Å². The normalized spacial score (nSPS) is 29.0. The molecule has 0 N–H and O–H groups in total. The molecule has 4 nitrogen and oxygen atoms in total. The molecule has 0 radical (unpaired) electrons. The van der Waals surface area contributed by atoms with E-state index in [0.717, 1.165) is 0 Å². The van der Waals surface area contributed by atoms with Gasteiger partial charge in [0.25, 0.3) is 5.91 Å². The zero-order chi connectivity index (χ0) is 18.1. The van der Waals surface area contributed by atoms with E-state index in [9.17, 15) is 4.79 Å². The Morgan fingerprint density at radius 2 is 1.61 bits per heavy atom. The lowest BCUT2D eigenvalue weighted by molar-refractivity contribution is -0.152. The number of ether oxygens (including phenoxy) is 1. The average molecular weight is 358 g/mol. The summed E-state index contributed by atoms with van der Waals surface area (Å²) < 4.78 is 14.2. The van der Waals surface area contributed by atoms with Gasteiger partial charge in [0.1, 0.15) is 0 Å². The van der Waals surface area contributed by atoms with E-state index in [-0.39, 0.29) is 22.0 Å². The molecule has 0 aromatic rings. The monoisotopic (exact) mass is 357 g/mol. The van der Waals surface area contributed by atoms with Crippen LogP contribution in [0.2, 0.25) is 36.3 Å². The SMILES string of the molecule is CC(C)(C)[Si](C)(C)OC[C@H]1N([Si](C)(C)C(C)(C)C)C(=O)[C@]12CO2. The van der Waals surface area contributed by atoms with Crippen molar-refractivity contribution in [2.24, 2.45) is 0 Å². The summed E-state index contributed by atoms with van der Waals surface area (Å²) in [6.45, 7) is 23.8. The number of amides is 1. The molecular weight excluding hydrogens is 322 g/mol. The molecule has 2 heterocycles. The fraction of sp³-hybridized carbons (Fsp3) is 0.941. The van der Waals surface area contributed by atoms with Crippen molar-refractivity contribution in [3.8, 4) is 0 Å². The van der Waals surface area contributed by atoms with Crippen LogP contribution in [0.1, 0.15) is 41.5 Å². The molecule has 0 unspecified atom stereocenters. The van der Waals surface area contributed by atoms with Gasteiger partial charge in [0.2, 0.25) is 0 Å². The van der Waals surface area contributed by atoms with Crippen molar-refractivity contribution in [3.05, 3.63) is 0 Å². The van der Waals surface area contributed by atoms with Crippen molar-refractivity contribution in [1.29, 1.82) is 0 Å². The summed E-state index contributed by atoms with van der Waals surface area (Å²) in [4.78, 5) is 12.8. The fourth-order valence-electron chi connectivity index (χ4n) is 2.74. The van der Waals surface area contributed by atoms with Gasteiger partial charge in [-0.05, 0) is 23.2 Å². The lowest BCUT2D eigenvalue weighted by Crippen LogP contribution is -2.78. The summed E-state index contributed by atoms with van der Waals surface area (Å²) in [5, 5.41) is 0.314. The van der Waals surface area contributed by atoms with Crippen molar-refractivity contribution in [1.82, 2.24) is 4.57 Å². The Balaban J connectivity index is 2.18. The first kappa shape index (κ1) is 19.2.